The van der Waals surface area contributed by atoms with Crippen LogP contribution in [0.15, 0.2) is 12.2 Å². The van der Waals surface area contributed by atoms with Crippen molar-refractivity contribution in [2.45, 2.75) is 33.7 Å². The smallest absolute Gasteiger partial charge is 0.246 e. The van der Waals surface area contributed by atoms with Crippen molar-refractivity contribution in [3.05, 3.63) is 12.2 Å². The van der Waals surface area contributed by atoms with Crippen LogP contribution in [0, 0.1) is 0 Å². The maximum Gasteiger partial charge on any atom is 0.246 e. The van der Waals surface area contributed by atoms with Crippen LogP contribution in [-0.4, -0.2) is 23.4 Å². The Hall–Kier alpha value is -0.790. The van der Waals surface area contributed by atoms with Crippen molar-refractivity contribution in [1.29, 1.82) is 0 Å². The molecule has 0 aromatic heterocycles. The van der Waals surface area contributed by atoms with Crippen LogP contribution in [0.25, 0.3) is 0 Å². The van der Waals surface area contributed by atoms with Crippen LogP contribution in [0.1, 0.15) is 27.7 Å². The first kappa shape index (κ1) is 10.2. The lowest BCUT2D eigenvalue weighted by Gasteiger charge is -2.23. The molecule has 0 bridgehead atoms. The summed E-state index contributed by atoms with van der Waals surface area (Å²) >= 11 is 0. The zero-order valence-electron chi connectivity index (χ0n) is 7.79. The maximum atomic E-state index is 11.3. The van der Waals surface area contributed by atoms with E-state index in [1.807, 2.05) is 32.6 Å². The minimum atomic E-state index is 0.102. The van der Waals surface area contributed by atoms with Crippen LogP contribution in [0.4, 0.5) is 0 Å². The number of rotatable bonds is 3. The van der Waals surface area contributed by atoms with Gasteiger partial charge in [-0.2, -0.15) is 0 Å². The number of allylic oxidation sites excluding steroid dienone is 1. The van der Waals surface area contributed by atoms with E-state index in [2.05, 4.69) is 0 Å². The van der Waals surface area contributed by atoms with Gasteiger partial charge in [0, 0.05) is 12.6 Å². The molecule has 0 aliphatic rings. The highest BCUT2D eigenvalue weighted by atomic mass is 16.2. The molecule has 11 heavy (non-hydrogen) atoms. The second-order valence-corrected chi connectivity index (χ2v) is 2.72. The number of likely N-dealkylation sites (N-methyl/N-ethyl adjacent to an activating group) is 1. The van der Waals surface area contributed by atoms with Crippen molar-refractivity contribution in [3.8, 4) is 0 Å². The molecule has 0 N–H and O–H groups in total. The van der Waals surface area contributed by atoms with Crippen molar-refractivity contribution in [3.63, 3.8) is 0 Å². The number of hydrogen-bond acceptors (Lipinski definition) is 1. The monoisotopic (exact) mass is 155 g/mol. The zero-order valence-corrected chi connectivity index (χ0v) is 7.79. The SMILES string of the molecule is CC=CC(=O)N(CC)C(C)C. The number of nitrogens with zero attached hydrogens (tertiary/aromatic N) is 1. The van der Waals surface area contributed by atoms with Gasteiger partial charge in [0.15, 0.2) is 0 Å². The van der Waals surface area contributed by atoms with Crippen LogP contribution >= 0.6 is 0 Å². The van der Waals surface area contributed by atoms with Crippen molar-refractivity contribution < 1.29 is 4.79 Å². The minimum absolute atomic E-state index is 0.102. The molecule has 1 amide bonds. The summed E-state index contributed by atoms with van der Waals surface area (Å²) in [7, 11) is 0. The lowest BCUT2D eigenvalue weighted by molar-refractivity contribution is -0.127. The Labute approximate surface area is 68.9 Å². The Morgan fingerprint density at radius 1 is 1.55 bits per heavy atom. The van der Waals surface area contributed by atoms with Gasteiger partial charge in [-0.05, 0) is 33.8 Å². The third-order valence-corrected chi connectivity index (χ3v) is 1.56. The van der Waals surface area contributed by atoms with Gasteiger partial charge in [-0.1, -0.05) is 6.08 Å². The number of hydrogen-bond donors (Lipinski definition) is 0. The lowest BCUT2D eigenvalue weighted by atomic mass is 10.3. The van der Waals surface area contributed by atoms with Gasteiger partial charge < -0.3 is 4.90 Å². The average molecular weight is 155 g/mol. The van der Waals surface area contributed by atoms with Gasteiger partial charge >= 0.3 is 0 Å². The van der Waals surface area contributed by atoms with Crippen molar-refractivity contribution >= 4 is 5.91 Å². The summed E-state index contributed by atoms with van der Waals surface area (Å²) in [6.07, 6.45) is 3.37. The fourth-order valence-corrected chi connectivity index (χ4v) is 1.01. The minimum Gasteiger partial charge on any atom is -0.337 e. The van der Waals surface area contributed by atoms with Gasteiger partial charge in [0.05, 0.1) is 0 Å². The Balaban J connectivity index is 4.14. The Bertz CT molecular complexity index is 150. The first-order valence-corrected chi connectivity index (χ1v) is 4.06. The third kappa shape index (κ3) is 3.21. The van der Waals surface area contributed by atoms with Gasteiger partial charge in [0.25, 0.3) is 0 Å². The molecule has 0 aromatic rings. The zero-order chi connectivity index (χ0) is 8.85. The summed E-state index contributed by atoms with van der Waals surface area (Å²) in [5.41, 5.74) is 0. The Kier molecular flexibility index (Phi) is 4.59. The van der Waals surface area contributed by atoms with Gasteiger partial charge in [-0.25, -0.2) is 0 Å². The van der Waals surface area contributed by atoms with E-state index in [9.17, 15) is 4.79 Å². The average Bonchev–Trinajstić information content (AvgIpc) is 1.88. The van der Waals surface area contributed by atoms with E-state index < -0.39 is 0 Å². The van der Waals surface area contributed by atoms with Gasteiger partial charge in [0.1, 0.15) is 0 Å². The van der Waals surface area contributed by atoms with E-state index in [1.165, 1.54) is 0 Å². The molecule has 0 rings (SSSR count). The fraction of sp³-hybridized carbons (Fsp3) is 0.667. The molecule has 0 saturated carbocycles. The highest BCUT2D eigenvalue weighted by molar-refractivity contribution is 5.87. The molecule has 0 aromatic carbocycles. The Morgan fingerprint density at radius 3 is 2.36 bits per heavy atom. The quantitative estimate of drug-likeness (QED) is 0.569. The molecule has 0 saturated heterocycles. The highest BCUT2D eigenvalue weighted by Crippen LogP contribution is 1.98. The van der Waals surface area contributed by atoms with Crippen molar-refractivity contribution in [1.82, 2.24) is 4.90 Å². The summed E-state index contributed by atoms with van der Waals surface area (Å²) in [6, 6.07) is 0.295. The van der Waals surface area contributed by atoms with E-state index in [0.29, 0.717) is 6.04 Å². The normalized spacial score (nSPS) is 11.0. The molecule has 0 aliphatic carbocycles. The molecule has 0 aliphatic heterocycles. The van der Waals surface area contributed by atoms with Crippen LogP contribution in [0.3, 0.4) is 0 Å². The molecule has 0 heterocycles. The second-order valence-electron chi connectivity index (χ2n) is 2.72. The van der Waals surface area contributed by atoms with Gasteiger partial charge in [-0.15, -0.1) is 0 Å². The first-order valence-electron chi connectivity index (χ1n) is 4.06. The Morgan fingerprint density at radius 2 is 2.09 bits per heavy atom. The second kappa shape index (κ2) is 4.94. The lowest BCUT2D eigenvalue weighted by Crippen LogP contribution is -2.35. The van der Waals surface area contributed by atoms with Crippen LogP contribution in [0.5, 0.6) is 0 Å². The van der Waals surface area contributed by atoms with E-state index in [4.69, 9.17) is 0 Å². The number of carbonyl (C=O) groups is 1. The summed E-state index contributed by atoms with van der Waals surface area (Å²) in [4.78, 5) is 13.1. The molecule has 2 nitrogen and oxygen atoms in total. The first-order chi connectivity index (χ1) is 5.13. The summed E-state index contributed by atoms with van der Waals surface area (Å²) in [5, 5.41) is 0. The predicted octanol–water partition coefficient (Wildman–Crippen LogP) is 1.82. The number of carbonyl (C=O) groups excluding carboxylic acids is 1. The molecule has 2 heteroatoms. The van der Waals surface area contributed by atoms with E-state index in [-0.39, 0.29) is 5.91 Å². The van der Waals surface area contributed by atoms with Gasteiger partial charge in [0.2, 0.25) is 5.91 Å². The summed E-state index contributed by atoms with van der Waals surface area (Å²) in [6.45, 7) is 8.66. The topological polar surface area (TPSA) is 20.3 Å². The van der Waals surface area contributed by atoms with Crippen LogP contribution < -0.4 is 0 Å². The fourth-order valence-electron chi connectivity index (χ4n) is 1.01. The van der Waals surface area contributed by atoms with E-state index >= 15 is 0 Å². The van der Waals surface area contributed by atoms with Gasteiger partial charge in [-0.3, -0.25) is 4.79 Å². The predicted molar refractivity (Wildman–Crippen MR) is 47.3 cm³/mol. The molecule has 0 atom stereocenters. The third-order valence-electron chi connectivity index (χ3n) is 1.56. The molecular formula is C9H17NO. The largest absolute Gasteiger partial charge is 0.337 e. The maximum absolute atomic E-state index is 11.3. The van der Waals surface area contributed by atoms with Crippen LogP contribution in [0.2, 0.25) is 0 Å². The molecule has 0 unspecified atom stereocenters. The summed E-state index contributed by atoms with van der Waals surface area (Å²) < 4.78 is 0. The highest BCUT2D eigenvalue weighted by Gasteiger charge is 2.10. The van der Waals surface area contributed by atoms with E-state index in [0.717, 1.165) is 6.54 Å². The summed E-state index contributed by atoms with van der Waals surface area (Å²) in [5.74, 6) is 0.102. The molecular weight excluding hydrogens is 138 g/mol. The molecule has 64 valence electrons. The van der Waals surface area contributed by atoms with E-state index in [1.54, 1.807) is 12.2 Å². The molecule has 0 radical (unpaired) electrons. The standard InChI is InChI=1S/C9H17NO/c1-5-7-9(11)10(6-2)8(3)4/h5,7-8H,6H2,1-4H3. The van der Waals surface area contributed by atoms with Crippen molar-refractivity contribution in [2.24, 2.45) is 0 Å². The molecule has 0 fully saturated rings. The van der Waals surface area contributed by atoms with Crippen LogP contribution in [-0.2, 0) is 4.79 Å². The number of amides is 1. The molecule has 0 spiro atoms. The van der Waals surface area contributed by atoms with Crippen molar-refractivity contribution in [2.75, 3.05) is 6.54 Å².